The van der Waals surface area contributed by atoms with Gasteiger partial charge in [-0.1, -0.05) is 53.8 Å². The van der Waals surface area contributed by atoms with Crippen molar-refractivity contribution in [1.82, 2.24) is 4.57 Å². The number of carbonyl (C=O) groups excluding carboxylic acids is 2. The summed E-state index contributed by atoms with van der Waals surface area (Å²) in [5.41, 5.74) is 2.85. The molecule has 1 aromatic heterocycles. The highest BCUT2D eigenvalue weighted by atomic mass is 32.1. The topological polar surface area (TPSA) is 96.2 Å². The van der Waals surface area contributed by atoms with Crippen LogP contribution in [0.4, 0.5) is 4.39 Å². The summed E-state index contributed by atoms with van der Waals surface area (Å²) in [7, 11) is 0. The van der Waals surface area contributed by atoms with E-state index in [0.29, 0.717) is 44.1 Å². The molecular weight excluding hydrogens is 571 g/mol. The second-order valence-electron chi connectivity index (χ2n) is 9.60. The molecule has 0 unspecified atom stereocenters. The van der Waals surface area contributed by atoms with E-state index in [1.165, 1.54) is 28.0 Å². The minimum atomic E-state index is -0.831. The summed E-state index contributed by atoms with van der Waals surface area (Å²) >= 11 is 1.19. The van der Waals surface area contributed by atoms with Crippen LogP contribution in [0.15, 0.2) is 93.9 Å². The van der Waals surface area contributed by atoms with Crippen molar-refractivity contribution in [3.05, 3.63) is 132 Å². The summed E-state index contributed by atoms with van der Waals surface area (Å²) in [6.07, 6.45) is 1.73. The zero-order valence-electron chi connectivity index (χ0n) is 23.8. The maximum Gasteiger partial charge on any atom is 0.338 e. The Hall–Kier alpha value is -4.83. The SMILES string of the molecule is CCOC(=O)C1=C(C)N=c2s/c(=C\c3ccccc3OCc3ccc(C(=O)OCC)cc3)c(=O)n2[C@@H]1c1ccc(F)cc1. The Bertz CT molecular complexity index is 1870. The molecule has 1 aliphatic rings. The first-order valence-corrected chi connectivity index (χ1v) is 14.5. The average molecular weight is 601 g/mol. The number of aromatic nitrogens is 1. The molecule has 3 aromatic carbocycles. The summed E-state index contributed by atoms with van der Waals surface area (Å²) < 4.78 is 32.1. The van der Waals surface area contributed by atoms with Gasteiger partial charge in [0.2, 0.25) is 0 Å². The van der Waals surface area contributed by atoms with E-state index in [9.17, 15) is 18.8 Å². The third kappa shape index (κ3) is 6.34. The molecule has 220 valence electrons. The van der Waals surface area contributed by atoms with Crippen LogP contribution >= 0.6 is 11.3 Å². The summed E-state index contributed by atoms with van der Waals surface area (Å²) in [6, 6.07) is 19.2. The van der Waals surface area contributed by atoms with Gasteiger partial charge in [-0.3, -0.25) is 9.36 Å². The van der Waals surface area contributed by atoms with Crippen molar-refractivity contribution < 1.29 is 28.2 Å². The molecule has 0 spiro atoms. The highest BCUT2D eigenvalue weighted by Gasteiger charge is 2.33. The molecule has 1 atom stereocenters. The molecule has 0 fully saturated rings. The fraction of sp³-hybridized carbons (Fsp3) is 0.212. The summed E-state index contributed by atoms with van der Waals surface area (Å²) in [5, 5.41) is 0. The van der Waals surface area contributed by atoms with Gasteiger partial charge in [0.25, 0.3) is 5.56 Å². The number of carbonyl (C=O) groups is 2. The number of para-hydroxylation sites is 1. The van der Waals surface area contributed by atoms with E-state index in [4.69, 9.17) is 14.2 Å². The lowest BCUT2D eigenvalue weighted by Gasteiger charge is -2.24. The van der Waals surface area contributed by atoms with E-state index >= 15 is 0 Å². The first kappa shape index (κ1) is 29.7. The van der Waals surface area contributed by atoms with Gasteiger partial charge in [0.15, 0.2) is 4.80 Å². The molecule has 0 N–H and O–H groups in total. The highest BCUT2D eigenvalue weighted by molar-refractivity contribution is 7.07. The van der Waals surface area contributed by atoms with Gasteiger partial charge in [-0.25, -0.2) is 19.0 Å². The Labute approximate surface area is 251 Å². The van der Waals surface area contributed by atoms with Crippen LogP contribution in [0.3, 0.4) is 0 Å². The molecule has 2 heterocycles. The number of thiazole rings is 1. The number of esters is 2. The zero-order chi connectivity index (χ0) is 30.5. The monoisotopic (exact) mass is 600 g/mol. The van der Waals surface area contributed by atoms with Crippen molar-refractivity contribution in [2.24, 2.45) is 4.99 Å². The van der Waals surface area contributed by atoms with E-state index in [0.717, 1.165) is 5.56 Å². The number of nitrogens with zero attached hydrogens (tertiary/aromatic N) is 2. The number of ether oxygens (including phenoxy) is 3. The Kier molecular flexibility index (Phi) is 8.96. The summed E-state index contributed by atoms with van der Waals surface area (Å²) in [5.74, 6) is -0.836. The number of hydrogen-bond donors (Lipinski definition) is 0. The van der Waals surface area contributed by atoms with Gasteiger partial charge in [-0.15, -0.1) is 0 Å². The lowest BCUT2D eigenvalue weighted by molar-refractivity contribution is -0.139. The first-order valence-electron chi connectivity index (χ1n) is 13.7. The van der Waals surface area contributed by atoms with Gasteiger partial charge >= 0.3 is 11.9 Å². The van der Waals surface area contributed by atoms with E-state index in [2.05, 4.69) is 4.99 Å². The van der Waals surface area contributed by atoms with Crippen LogP contribution in [-0.2, 0) is 20.9 Å². The molecular formula is C33H29FN2O6S. The van der Waals surface area contributed by atoms with Crippen molar-refractivity contribution in [2.45, 2.75) is 33.4 Å². The Morgan fingerprint density at radius 1 is 0.953 bits per heavy atom. The number of rotatable bonds is 9. The Morgan fingerprint density at radius 3 is 2.33 bits per heavy atom. The van der Waals surface area contributed by atoms with Crippen molar-refractivity contribution in [1.29, 1.82) is 0 Å². The van der Waals surface area contributed by atoms with Crippen molar-refractivity contribution >= 4 is 29.4 Å². The molecule has 1 aliphatic heterocycles. The number of benzene rings is 3. The minimum Gasteiger partial charge on any atom is -0.488 e. The van der Waals surface area contributed by atoms with Crippen LogP contribution in [0.2, 0.25) is 0 Å². The first-order chi connectivity index (χ1) is 20.8. The van der Waals surface area contributed by atoms with Crippen LogP contribution < -0.4 is 19.6 Å². The minimum absolute atomic E-state index is 0.155. The van der Waals surface area contributed by atoms with Gasteiger partial charge in [0, 0.05) is 5.56 Å². The fourth-order valence-corrected chi connectivity index (χ4v) is 5.77. The third-order valence-electron chi connectivity index (χ3n) is 6.77. The lowest BCUT2D eigenvalue weighted by atomic mass is 9.96. The van der Waals surface area contributed by atoms with Gasteiger partial charge in [-0.05, 0) is 68.3 Å². The molecule has 0 saturated carbocycles. The van der Waals surface area contributed by atoms with Crippen molar-refractivity contribution in [3.63, 3.8) is 0 Å². The van der Waals surface area contributed by atoms with Crippen LogP contribution in [-0.4, -0.2) is 29.7 Å². The van der Waals surface area contributed by atoms with E-state index < -0.39 is 17.8 Å². The predicted molar refractivity (Wildman–Crippen MR) is 160 cm³/mol. The van der Waals surface area contributed by atoms with Crippen molar-refractivity contribution in [3.8, 4) is 5.75 Å². The summed E-state index contributed by atoms with van der Waals surface area (Å²) in [4.78, 5) is 43.8. The Morgan fingerprint density at radius 2 is 1.63 bits per heavy atom. The van der Waals surface area contributed by atoms with Gasteiger partial charge in [-0.2, -0.15) is 0 Å². The molecule has 0 amide bonds. The van der Waals surface area contributed by atoms with Gasteiger partial charge in [0.05, 0.1) is 40.6 Å². The average Bonchev–Trinajstić information content (AvgIpc) is 3.30. The molecule has 8 nitrogen and oxygen atoms in total. The van der Waals surface area contributed by atoms with Gasteiger partial charge < -0.3 is 14.2 Å². The second-order valence-corrected chi connectivity index (χ2v) is 10.6. The quantitative estimate of drug-likeness (QED) is 0.259. The standard InChI is InChI=1S/C33H29FN2O6S/c1-4-40-31(38)23-12-10-21(11-13-23)19-42-26-9-7-6-8-24(26)18-27-30(37)36-29(22-14-16-25(34)17-15-22)28(32(39)41-5-2)20(3)35-33(36)43-27/h6-18,29H,4-5,19H2,1-3H3/b27-18-/t29-/m1/s1. The number of fused-ring (bicyclic) bond motifs is 1. The van der Waals surface area contributed by atoms with Crippen LogP contribution in [0, 0.1) is 5.82 Å². The molecule has 0 radical (unpaired) electrons. The smallest absolute Gasteiger partial charge is 0.338 e. The zero-order valence-corrected chi connectivity index (χ0v) is 24.7. The predicted octanol–water partition coefficient (Wildman–Crippen LogP) is 4.69. The molecule has 10 heteroatoms. The molecule has 0 bridgehead atoms. The third-order valence-corrected chi connectivity index (χ3v) is 7.75. The molecule has 5 rings (SSSR count). The van der Waals surface area contributed by atoms with Crippen LogP contribution in [0.1, 0.15) is 53.9 Å². The molecule has 4 aromatic rings. The fourth-order valence-electron chi connectivity index (χ4n) is 4.74. The van der Waals surface area contributed by atoms with Crippen molar-refractivity contribution in [2.75, 3.05) is 13.2 Å². The number of allylic oxidation sites excluding steroid dienone is 1. The van der Waals surface area contributed by atoms with E-state index in [1.54, 1.807) is 69.3 Å². The van der Waals surface area contributed by atoms with E-state index in [-0.39, 0.29) is 30.3 Å². The second kappa shape index (κ2) is 13.0. The summed E-state index contributed by atoms with van der Waals surface area (Å²) in [6.45, 7) is 5.85. The highest BCUT2D eigenvalue weighted by Crippen LogP contribution is 2.31. The maximum absolute atomic E-state index is 13.9. The van der Waals surface area contributed by atoms with E-state index in [1.807, 2.05) is 18.2 Å². The number of halogens is 1. The van der Waals surface area contributed by atoms with Gasteiger partial charge in [0.1, 0.15) is 18.2 Å². The van der Waals surface area contributed by atoms with Crippen LogP contribution in [0.5, 0.6) is 5.75 Å². The lowest BCUT2D eigenvalue weighted by Crippen LogP contribution is -2.39. The molecule has 0 saturated heterocycles. The van der Waals surface area contributed by atoms with Crippen LogP contribution in [0.25, 0.3) is 6.08 Å². The number of hydrogen-bond acceptors (Lipinski definition) is 8. The maximum atomic E-state index is 13.9. The molecule has 43 heavy (non-hydrogen) atoms. The largest absolute Gasteiger partial charge is 0.488 e. The normalized spacial score (nSPS) is 14.6. The molecule has 0 aliphatic carbocycles. The Balaban J connectivity index is 1.50.